The minimum absolute atomic E-state index is 0. The van der Waals surface area contributed by atoms with E-state index in [1.807, 2.05) is 41.1 Å². The van der Waals surface area contributed by atoms with Gasteiger partial charge in [-0.1, -0.05) is 0 Å². The molecule has 1 N–H and O–H groups in total. The van der Waals surface area contributed by atoms with Crippen LogP contribution in [0.5, 0.6) is 11.5 Å². The molecule has 0 spiro atoms. The zero-order valence-corrected chi connectivity index (χ0v) is 18.9. The van der Waals surface area contributed by atoms with Crippen LogP contribution in [0.1, 0.15) is 13.3 Å². The van der Waals surface area contributed by atoms with E-state index in [9.17, 15) is 13.9 Å². The largest absolute Gasteiger partial charge is 0.494 e. The molecule has 2 aromatic carbocycles. The molecule has 0 saturated carbocycles. The smallest absolute Gasteiger partial charge is 0.387 e. The summed E-state index contributed by atoms with van der Waals surface area (Å²) in [5.74, 6) is 0.901. The van der Waals surface area contributed by atoms with Crippen molar-refractivity contribution < 1.29 is 23.4 Å². The predicted octanol–water partition coefficient (Wildman–Crippen LogP) is 5.41. The lowest BCUT2D eigenvalue weighted by Gasteiger charge is -2.09. The summed E-state index contributed by atoms with van der Waals surface area (Å²) in [6, 6.07) is 14.0. The highest BCUT2D eigenvalue weighted by Crippen LogP contribution is 2.24. The van der Waals surface area contributed by atoms with Crippen molar-refractivity contribution in [3.63, 3.8) is 0 Å². The molecular weight excluding hydrogens is 478 g/mol. The summed E-state index contributed by atoms with van der Waals surface area (Å²) in [5, 5.41) is 11.3. The van der Waals surface area contributed by atoms with E-state index in [0.717, 1.165) is 21.8 Å². The molecule has 0 fully saturated rings. The van der Waals surface area contributed by atoms with Crippen LogP contribution in [0.15, 0.2) is 58.9 Å². The fourth-order valence-electron chi connectivity index (χ4n) is 2.80. The molecule has 0 aliphatic rings. The van der Waals surface area contributed by atoms with Crippen LogP contribution in [0, 0.1) is 0 Å². The van der Waals surface area contributed by atoms with E-state index in [-0.39, 0.29) is 29.3 Å². The van der Waals surface area contributed by atoms with Crippen molar-refractivity contribution in [2.75, 3.05) is 13.2 Å². The fraction of sp³-hybridized carbons (Fsp3) is 0.286. The summed E-state index contributed by atoms with van der Waals surface area (Å²) in [6.07, 6.45) is 0.592. The summed E-state index contributed by atoms with van der Waals surface area (Å²) in [7, 11) is 0. The average molecular weight is 501 g/mol. The number of alkyl halides is 2. The Bertz CT molecular complexity index is 973. The normalized spacial score (nSPS) is 11.4. The number of nitrogens with zero attached hydrogens (tertiary/aromatic N) is 2. The van der Waals surface area contributed by atoms with Gasteiger partial charge in [-0.15, -0.1) is 28.3 Å². The van der Waals surface area contributed by atoms with Gasteiger partial charge >= 0.3 is 6.61 Å². The van der Waals surface area contributed by atoms with Crippen molar-refractivity contribution in [3.05, 3.63) is 58.7 Å². The highest BCUT2D eigenvalue weighted by molar-refractivity contribution is 8.93. The minimum atomic E-state index is -2.85. The number of rotatable bonds is 9. The van der Waals surface area contributed by atoms with Gasteiger partial charge in [-0.25, -0.2) is 4.99 Å². The Hall–Kier alpha value is -2.23. The number of hydrogen-bond acceptors (Lipinski definition) is 5. The lowest BCUT2D eigenvalue weighted by molar-refractivity contribution is -0.0498. The first-order chi connectivity index (χ1) is 14.1. The van der Waals surface area contributed by atoms with Gasteiger partial charge in [-0.2, -0.15) is 8.78 Å². The molecule has 3 aromatic rings. The van der Waals surface area contributed by atoms with Crippen LogP contribution < -0.4 is 14.3 Å². The number of ether oxygens (including phenoxy) is 2. The standard InChI is InChI=1S/C21H22F2N2O3S.BrH/c1-2-27-17-8-4-15(5-9-17)19-14-29-21(25(19)12-3-13-26)24-16-6-10-18(11-7-16)28-20(22)23;/h4-11,14,20,26H,2-3,12-13H2,1H3;1H. The summed E-state index contributed by atoms with van der Waals surface area (Å²) in [4.78, 5) is 5.39. The van der Waals surface area contributed by atoms with E-state index in [0.29, 0.717) is 25.3 Å². The van der Waals surface area contributed by atoms with Crippen molar-refractivity contribution in [1.82, 2.24) is 4.57 Å². The molecule has 0 bridgehead atoms. The van der Waals surface area contributed by atoms with Crippen LogP contribution >= 0.6 is 28.3 Å². The molecule has 0 saturated heterocycles. The molecule has 1 aromatic heterocycles. The number of aromatic nitrogens is 1. The second-order valence-corrected chi connectivity index (χ2v) is 6.91. The molecule has 0 radical (unpaired) electrons. The zero-order chi connectivity index (χ0) is 20.6. The Morgan fingerprint density at radius 1 is 1.07 bits per heavy atom. The zero-order valence-electron chi connectivity index (χ0n) is 16.3. The molecule has 30 heavy (non-hydrogen) atoms. The number of benzene rings is 2. The molecule has 3 rings (SSSR count). The Balaban J connectivity index is 0.00000320. The lowest BCUT2D eigenvalue weighted by Crippen LogP contribution is -2.16. The molecule has 162 valence electrons. The van der Waals surface area contributed by atoms with Gasteiger partial charge in [0.1, 0.15) is 11.5 Å². The van der Waals surface area contributed by atoms with Gasteiger partial charge < -0.3 is 19.1 Å². The number of aliphatic hydroxyl groups excluding tert-OH is 1. The van der Waals surface area contributed by atoms with Crippen LogP contribution in [0.2, 0.25) is 0 Å². The van der Waals surface area contributed by atoms with E-state index >= 15 is 0 Å². The van der Waals surface area contributed by atoms with Gasteiger partial charge in [0.05, 0.1) is 18.0 Å². The maximum atomic E-state index is 12.3. The quantitative estimate of drug-likeness (QED) is 0.427. The van der Waals surface area contributed by atoms with Crippen molar-refractivity contribution in [3.8, 4) is 22.8 Å². The van der Waals surface area contributed by atoms with Gasteiger partial charge in [0.2, 0.25) is 0 Å². The van der Waals surface area contributed by atoms with Crippen LogP contribution in [-0.2, 0) is 6.54 Å². The summed E-state index contributed by atoms with van der Waals surface area (Å²) < 4.78 is 36.5. The highest BCUT2D eigenvalue weighted by atomic mass is 79.9. The number of thiazole rings is 1. The molecular formula is C21H23BrF2N2O3S. The summed E-state index contributed by atoms with van der Waals surface area (Å²) in [6.45, 7) is 0.375. The third kappa shape index (κ3) is 6.38. The molecule has 0 aliphatic heterocycles. The van der Waals surface area contributed by atoms with Gasteiger partial charge in [0.25, 0.3) is 0 Å². The second-order valence-electron chi connectivity index (χ2n) is 6.07. The molecule has 0 atom stereocenters. The first-order valence-corrected chi connectivity index (χ1v) is 10.1. The Morgan fingerprint density at radius 2 is 1.73 bits per heavy atom. The van der Waals surface area contributed by atoms with Gasteiger partial charge in [0.15, 0.2) is 4.80 Å². The summed E-state index contributed by atoms with van der Waals surface area (Å²) >= 11 is 1.48. The predicted molar refractivity (Wildman–Crippen MR) is 119 cm³/mol. The summed E-state index contributed by atoms with van der Waals surface area (Å²) in [5.41, 5.74) is 2.64. The molecule has 9 heteroatoms. The van der Waals surface area contributed by atoms with Gasteiger partial charge in [-0.05, 0) is 67.4 Å². The molecule has 1 heterocycles. The Kier molecular flexibility index (Phi) is 9.48. The van der Waals surface area contributed by atoms with Gasteiger partial charge in [-0.3, -0.25) is 0 Å². The third-order valence-corrected chi connectivity index (χ3v) is 4.95. The first kappa shape index (κ1) is 24.0. The molecule has 0 amide bonds. The van der Waals surface area contributed by atoms with Crippen LogP contribution in [0.3, 0.4) is 0 Å². The van der Waals surface area contributed by atoms with E-state index in [1.165, 1.54) is 23.5 Å². The SMILES string of the molecule is Br.CCOc1ccc(-c2csc(=Nc3ccc(OC(F)F)cc3)n2CCCO)cc1. The van der Waals surface area contributed by atoms with E-state index in [1.54, 1.807) is 12.1 Å². The first-order valence-electron chi connectivity index (χ1n) is 9.22. The second kappa shape index (κ2) is 11.8. The monoisotopic (exact) mass is 500 g/mol. The van der Waals surface area contributed by atoms with Crippen LogP contribution in [-0.4, -0.2) is 29.5 Å². The maximum absolute atomic E-state index is 12.3. The van der Waals surface area contributed by atoms with Crippen molar-refractivity contribution in [1.29, 1.82) is 0 Å². The lowest BCUT2D eigenvalue weighted by atomic mass is 10.1. The van der Waals surface area contributed by atoms with Crippen molar-refractivity contribution in [2.45, 2.75) is 26.5 Å². The Morgan fingerprint density at radius 3 is 2.33 bits per heavy atom. The van der Waals surface area contributed by atoms with Crippen LogP contribution in [0.4, 0.5) is 14.5 Å². The minimum Gasteiger partial charge on any atom is -0.494 e. The fourth-order valence-corrected chi connectivity index (χ4v) is 3.75. The molecule has 0 unspecified atom stereocenters. The number of hydrogen-bond donors (Lipinski definition) is 1. The molecule has 5 nitrogen and oxygen atoms in total. The number of aliphatic hydroxyl groups is 1. The van der Waals surface area contributed by atoms with Crippen molar-refractivity contribution in [2.24, 2.45) is 4.99 Å². The van der Waals surface area contributed by atoms with Crippen molar-refractivity contribution >= 4 is 34.0 Å². The van der Waals surface area contributed by atoms with E-state index < -0.39 is 6.61 Å². The van der Waals surface area contributed by atoms with E-state index in [4.69, 9.17) is 4.74 Å². The molecule has 0 aliphatic carbocycles. The third-order valence-electron chi connectivity index (χ3n) is 4.09. The van der Waals surface area contributed by atoms with Gasteiger partial charge in [0, 0.05) is 18.5 Å². The average Bonchev–Trinajstić information content (AvgIpc) is 3.10. The van der Waals surface area contributed by atoms with E-state index in [2.05, 4.69) is 9.73 Å². The topological polar surface area (TPSA) is 56.0 Å². The maximum Gasteiger partial charge on any atom is 0.387 e. The van der Waals surface area contributed by atoms with Crippen LogP contribution in [0.25, 0.3) is 11.3 Å². The number of halogens is 3. The highest BCUT2D eigenvalue weighted by Gasteiger charge is 2.09. The Labute approximate surface area is 188 Å².